The van der Waals surface area contributed by atoms with Gasteiger partial charge in [-0.25, -0.2) is 0 Å². The van der Waals surface area contributed by atoms with Crippen LogP contribution in [0.2, 0.25) is 0 Å². The van der Waals surface area contributed by atoms with E-state index in [1.54, 1.807) is 6.92 Å². The Balaban J connectivity index is 0.000000816. The molecule has 2 aromatic carbocycles. The maximum atomic E-state index is 8.19. The van der Waals surface area contributed by atoms with E-state index in [2.05, 4.69) is 13.5 Å². The summed E-state index contributed by atoms with van der Waals surface area (Å²) in [7, 11) is 0. The number of nitrogens with one attached hydrogen (secondary N) is 1. The van der Waals surface area contributed by atoms with Crippen LogP contribution in [0.25, 0.3) is 0 Å². The fraction of sp³-hybridized carbons (Fsp3) is 0.250. The lowest BCUT2D eigenvalue weighted by Gasteiger charge is -2.09. The van der Waals surface area contributed by atoms with Gasteiger partial charge in [-0.1, -0.05) is 43.8 Å². The number of benzene rings is 2. The minimum Gasteiger partial charge on any atom is -0.489 e. The van der Waals surface area contributed by atoms with Crippen LogP contribution in [-0.2, 0) is 0 Å². The van der Waals surface area contributed by atoms with Crippen molar-refractivity contribution >= 4 is 5.71 Å². The van der Waals surface area contributed by atoms with Gasteiger partial charge in [0.05, 0.1) is 5.71 Å². The van der Waals surface area contributed by atoms with Crippen LogP contribution in [0.15, 0.2) is 66.7 Å². The lowest BCUT2D eigenvalue weighted by Crippen LogP contribution is -2.02. The van der Waals surface area contributed by atoms with Crippen LogP contribution in [0.4, 0.5) is 0 Å². The van der Waals surface area contributed by atoms with Gasteiger partial charge in [-0.05, 0) is 48.7 Å². The van der Waals surface area contributed by atoms with Gasteiger partial charge in [0.15, 0.2) is 0 Å². The monoisotopic (exact) mass is 311 g/mol. The molecule has 0 heterocycles. The van der Waals surface area contributed by atoms with Gasteiger partial charge in [0.2, 0.25) is 0 Å². The summed E-state index contributed by atoms with van der Waals surface area (Å²) in [6.07, 6.45) is 0.927. The average molecular weight is 311 g/mol. The largest absolute Gasteiger partial charge is 0.489 e. The highest BCUT2D eigenvalue weighted by Crippen LogP contribution is 2.16. The van der Waals surface area contributed by atoms with Crippen molar-refractivity contribution in [2.45, 2.75) is 20.3 Å². The van der Waals surface area contributed by atoms with E-state index in [1.807, 2.05) is 54.6 Å². The van der Waals surface area contributed by atoms with E-state index in [1.165, 1.54) is 0 Å². The molecule has 3 nitrogen and oxygen atoms in total. The molecule has 122 valence electrons. The lowest BCUT2D eigenvalue weighted by atomic mass is 10.0. The first-order valence-electron chi connectivity index (χ1n) is 7.77. The first kappa shape index (κ1) is 18.7. The molecule has 2 N–H and O–H groups in total. The molecule has 0 unspecified atom stereocenters. The first-order chi connectivity index (χ1) is 11.1. The van der Waals surface area contributed by atoms with Crippen molar-refractivity contribution in [1.29, 1.82) is 5.41 Å². The fourth-order valence-electron chi connectivity index (χ4n) is 1.78. The number of ether oxygens (including phenoxy) is 1. The van der Waals surface area contributed by atoms with Gasteiger partial charge < -0.3 is 9.84 Å². The highest BCUT2D eigenvalue weighted by atomic mass is 16.5. The molecule has 0 atom stereocenters. The van der Waals surface area contributed by atoms with Crippen LogP contribution in [0.5, 0.6) is 5.75 Å². The second-order valence-corrected chi connectivity index (χ2v) is 4.97. The van der Waals surface area contributed by atoms with Crippen LogP contribution < -0.4 is 4.74 Å². The van der Waals surface area contributed by atoms with E-state index < -0.39 is 0 Å². The molecule has 0 aliphatic carbocycles. The normalized spacial score (nSPS) is 9.52. The number of aliphatic hydroxyl groups excluding tert-OH is 1. The summed E-state index contributed by atoms with van der Waals surface area (Å²) in [6, 6.07) is 17.4. The molecule has 0 saturated heterocycles. The van der Waals surface area contributed by atoms with Crippen molar-refractivity contribution < 1.29 is 9.84 Å². The Bertz CT molecular complexity index is 603. The third-order valence-electron chi connectivity index (χ3n) is 3.15. The van der Waals surface area contributed by atoms with Crippen molar-refractivity contribution in [1.82, 2.24) is 0 Å². The molecule has 0 saturated carbocycles. The van der Waals surface area contributed by atoms with Crippen LogP contribution >= 0.6 is 0 Å². The summed E-state index contributed by atoms with van der Waals surface area (Å²) < 4.78 is 5.63. The average Bonchev–Trinajstić information content (AvgIpc) is 2.61. The van der Waals surface area contributed by atoms with Gasteiger partial charge in [0.25, 0.3) is 0 Å². The van der Waals surface area contributed by atoms with Gasteiger partial charge in [-0.3, -0.25) is 5.41 Å². The molecular formula is C20H25NO2. The van der Waals surface area contributed by atoms with Gasteiger partial charge in [-0.2, -0.15) is 0 Å². The fourth-order valence-corrected chi connectivity index (χ4v) is 1.78. The molecule has 0 bridgehead atoms. The van der Waals surface area contributed by atoms with E-state index in [-0.39, 0.29) is 6.61 Å². The number of hydrogen-bond donors (Lipinski definition) is 2. The molecule has 0 fully saturated rings. The number of rotatable bonds is 6. The number of hydrogen-bond acceptors (Lipinski definition) is 3. The minimum absolute atomic E-state index is 0.250. The van der Waals surface area contributed by atoms with Crippen molar-refractivity contribution in [3.05, 3.63) is 77.9 Å². The Kier molecular flexibility index (Phi) is 8.40. The third kappa shape index (κ3) is 6.49. The predicted molar refractivity (Wildman–Crippen MR) is 96.5 cm³/mol. The van der Waals surface area contributed by atoms with Crippen LogP contribution in [-0.4, -0.2) is 24.0 Å². The summed E-state index contributed by atoms with van der Waals surface area (Å²) >= 11 is 0. The predicted octanol–water partition coefficient (Wildman–Crippen LogP) is 4.45. The zero-order chi connectivity index (χ0) is 17.1. The second kappa shape index (κ2) is 10.4. The van der Waals surface area contributed by atoms with E-state index in [0.29, 0.717) is 12.3 Å². The Morgan fingerprint density at radius 3 is 2.04 bits per heavy atom. The first-order valence-corrected chi connectivity index (χ1v) is 7.77. The molecule has 0 spiro atoms. The van der Waals surface area contributed by atoms with E-state index in [9.17, 15) is 0 Å². The molecule has 2 aromatic rings. The van der Waals surface area contributed by atoms with Crippen molar-refractivity contribution in [2.24, 2.45) is 0 Å². The second-order valence-electron chi connectivity index (χ2n) is 4.97. The van der Waals surface area contributed by atoms with Crippen molar-refractivity contribution in [2.75, 3.05) is 13.2 Å². The summed E-state index contributed by atoms with van der Waals surface area (Å²) in [5.41, 5.74) is 3.40. The van der Waals surface area contributed by atoms with Gasteiger partial charge in [0, 0.05) is 12.2 Å². The van der Waals surface area contributed by atoms with Crippen LogP contribution in [0.3, 0.4) is 0 Å². The maximum Gasteiger partial charge on any atom is 0.119 e. The Labute approximate surface area is 138 Å². The Morgan fingerprint density at radius 1 is 1.00 bits per heavy atom. The van der Waals surface area contributed by atoms with Gasteiger partial charge in [-0.15, -0.1) is 0 Å². The van der Waals surface area contributed by atoms with E-state index in [4.69, 9.17) is 15.3 Å². The summed E-state index contributed by atoms with van der Waals surface area (Å²) in [6.45, 7) is 8.46. The highest BCUT2D eigenvalue weighted by Gasteiger charge is 2.04. The SMILES string of the molecule is C=C(CC)COc1ccc(C(=N)c2ccccc2)cc1.CCO. The maximum absolute atomic E-state index is 8.19. The minimum atomic E-state index is 0.250. The Morgan fingerprint density at radius 2 is 1.52 bits per heavy atom. The summed E-state index contributed by atoms with van der Waals surface area (Å²) in [5.74, 6) is 0.809. The standard InChI is InChI=1S/C18H19NO.C2H6O/c1-3-14(2)13-20-17-11-9-16(10-12-17)18(19)15-7-5-4-6-8-15;1-2-3/h4-12,19H,2-3,13H2,1H3;3H,2H2,1H3. The smallest absolute Gasteiger partial charge is 0.119 e. The van der Waals surface area contributed by atoms with Crippen LogP contribution in [0, 0.1) is 5.41 Å². The summed E-state index contributed by atoms with van der Waals surface area (Å²) in [4.78, 5) is 0. The third-order valence-corrected chi connectivity index (χ3v) is 3.15. The zero-order valence-electron chi connectivity index (χ0n) is 13.9. The zero-order valence-corrected chi connectivity index (χ0v) is 13.9. The molecule has 0 aliphatic heterocycles. The molecule has 0 radical (unpaired) electrons. The molecule has 23 heavy (non-hydrogen) atoms. The molecule has 2 rings (SSSR count). The van der Waals surface area contributed by atoms with E-state index in [0.717, 1.165) is 28.9 Å². The molecular weight excluding hydrogens is 286 g/mol. The Hall–Kier alpha value is -2.39. The molecule has 0 aromatic heterocycles. The quantitative estimate of drug-likeness (QED) is 0.612. The van der Waals surface area contributed by atoms with Crippen LogP contribution in [0.1, 0.15) is 31.4 Å². The molecule has 0 aliphatic rings. The van der Waals surface area contributed by atoms with Crippen molar-refractivity contribution in [3.63, 3.8) is 0 Å². The van der Waals surface area contributed by atoms with E-state index >= 15 is 0 Å². The van der Waals surface area contributed by atoms with Gasteiger partial charge >= 0.3 is 0 Å². The summed E-state index contributed by atoms with van der Waals surface area (Å²) in [5, 5.41) is 15.8. The molecule has 0 amide bonds. The topological polar surface area (TPSA) is 53.3 Å². The molecule has 3 heteroatoms. The lowest BCUT2D eigenvalue weighted by molar-refractivity contribution is 0.318. The highest BCUT2D eigenvalue weighted by molar-refractivity contribution is 6.10. The van der Waals surface area contributed by atoms with Gasteiger partial charge in [0.1, 0.15) is 12.4 Å². The van der Waals surface area contributed by atoms with Crippen molar-refractivity contribution in [3.8, 4) is 5.75 Å². The number of aliphatic hydroxyl groups is 1.